The molecule has 0 spiro atoms. The van der Waals surface area contributed by atoms with E-state index in [2.05, 4.69) is 11.6 Å². The van der Waals surface area contributed by atoms with Crippen LogP contribution in [0.2, 0.25) is 0 Å². The van der Waals surface area contributed by atoms with Crippen molar-refractivity contribution in [2.45, 2.75) is 41.8 Å². The summed E-state index contributed by atoms with van der Waals surface area (Å²) in [7, 11) is -3.76. The summed E-state index contributed by atoms with van der Waals surface area (Å²) in [5, 5.41) is 19.1. The van der Waals surface area contributed by atoms with Gasteiger partial charge in [0.25, 0.3) is 10.0 Å². The Morgan fingerprint density at radius 3 is 2.27 bits per heavy atom. The van der Waals surface area contributed by atoms with Crippen LogP contribution in [0.4, 0.5) is 5.69 Å². The summed E-state index contributed by atoms with van der Waals surface area (Å²) in [4.78, 5) is 1.19. The highest BCUT2D eigenvalue weighted by molar-refractivity contribution is 7.99. The number of anilines is 1. The topological polar surface area (TPSA) is 105 Å². The van der Waals surface area contributed by atoms with Crippen molar-refractivity contribution in [2.75, 3.05) is 10.5 Å². The first kappa shape index (κ1) is 28.2. The predicted octanol–water partition coefficient (Wildman–Crippen LogP) is 6.27. The average Bonchev–Trinajstić information content (AvgIpc) is 2.98. The zero-order valence-corrected chi connectivity index (χ0v) is 23.5. The molecule has 5 rings (SSSR count). The molecule has 7 nitrogen and oxygen atoms in total. The molecular weight excluding hydrogens is 546 g/mol. The molecule has 0 amide bonds. The lowest BCUT2D eigenvalue weighted by Crippen LogP contribution is -2.38. The molecule has 4 aromatic carbocycles. The minimum absolute atomic E-state index is 0.000563. The number of hydrogen-bond donors (Lipinski definition) is 3. The number of aliphatic hydroxyl groups excluding tert-OH is 1. The van der Waals surface area contributed by atoms with Gasteiger partial charge in [0.15, 0.2) is 6.29 Å². The van der Waals surface area contributed by atoms with Crippen LogP contribution in [0.1, 0.15) is 36.0 Å². The van der Waals surface area contributed by atoms with E-state index >= 15 is 0 Å². The third-order valence-electron chi connectivity index (χ3n) is 6.84. The summed E-state index contributed by atoms with van der Waals surface area (Å²) in [6, 6.07) is 30.0. The standard InChI is InChI=1S/C31H31NO6S2/c1-21-29(20-39-27-16-14-26(34)15-17-27)37-31(38-30(21)23-12-10-22(19-33)11-13-23)24-6-5-7-25(18-24)32-40(35,36)28-8-3-2-4-9-28/h2-18,21,29-34H,19-20H2,1H3/t21-,29+,30+,31?/m0/s1. The first-order valence-electron chi connectivity index (χ1n) is 12.9. The van der Waals surface area contributed by atoms with Gasteiger partial charge in [-0.2, -0.15) is 0 Å². The molecule has 208 valence electrons. The van der Waals surface area contributed by atoms with Crippen molar-refractivity contribution in [3.05, 3.63) is 120 Å². The number of benzene rings is 4. The molecule has 4 aromatic rings. The molecule has 1 saturated heterocycles. The Labute approximate surface area is 238 Å². The molecule has 1 fully saturated rings. The maximum Gasteiger partial charge on any atom is 0.261 e. The van der Waals surface area contributed by atoms with Crippen LogP contribution >= 0.6 is 11.8 Å². The van der Waals surface area contributed by atoms with E-state index in [0.717, 1.165) is 16.0 Å². The third kappa shape index (κ3) is 6.68. The Bertz CT molecular complexity index is 1510. The van der Waals surface area contributed by atoms with E-state index in [9.17, 15) is 18.6 Å². The third-order valence-corrected chi connectivity index (χ3v) is 9.34. The van der Waals surface area contributed by atoms with Crippen LogP contribution in [-0.4, -0.2) is 30.5 Å². The van der Waals surface area contributed by atoms with Crippen molar-refractivity contribution in [3.8, 4) is 5.75 Å². The van der Waals surface area contributed by atoms with Gasteiger partial charge in [0.2, 0.25) is 0 Å². The number of nitrogens with one attached hydrogen (secondary N) is 1. The van der Waals surface area contributed by atoms with Crippen LogP contribution in [0.25, 0.3) is 0 Å². The summed E-state index contributed by atoms with van der Waals surface area (Å²) >= 11 is 1.63. The molecule has 0 aliphatic carbocycles. The van der Waals surface area contributed by atoms with E-state index in [-0.39, 0.29) is 35.4 Å². The quantitative estimate of drug-likeness (QED) is 0.201. The van der Waals surface area contributed by atoms with Crippen LogP contribution in [0.3, 0.4) is 0 Å². The molecule has 0 bridgehead atoms. The van der Waals surface area contributed by atoms with Gasteiger partial charge in [-0.3, -0.25) is 4.72 Å². The van der Waals surface area contributed by atoms with Crippen LogP contribution in [0, 0.1) is 5.92 Å². The Hall–Kier alpha value is -3.34. The normalized spacial score (nSPS) is 21.1. The monoisotopic (exact) mass is 577 g/mol. The van der Waals surface area contributed by atoms with Gasteiger partial charge in [0.05, 0.1) is 23.7 Å². The number of ether oxygens (including phenoxy) is 2. The van der Waals surface area contributed by atoms with Crippen LogP contribution in [0.15, 0.2) is 113 Å². The summed E-state index contributed by atoms with van der Waals surface area (Å²) in [5.41, 5.74) is 2.89. The van der Waals surface area contributed by atoms with Crippen LogP contribution < -0.4 is 4.72 Å². The Morgan fingerprint density at radius 1 is 0.850 bits per heavy atom. The molecule has 1 aliphatic heterocycles. The maximum atomic E-state index is 12.9. The fourth-order valence-corrected chi connectivity index (χ4v) is 6.73. The smallest absolute Gasteiger partial charge is 0.261 e. The van der Waals surface area contributed by atoms with Crippen LogP contribution in [-0.2, 0) is 26.1 Å². The number of phenols is 1. The van der Waals surface area contributed by atoms with Gasteiger partial charge in [-0.25, -0.2) is 8.42 Å². The van der Waals surface area contributed by atoms with E-state index in [1.54, 1.807) is 72.4 Å². The molecular formula is C31H31NO6S2. The number of hydrogen-bond acceptors (Lipinski definition) is 7. The molecule has 9 heteroatoms. The van der Waals surface area contributed by atoms with Gasteiger partial charge < -0.3 is 19.7 Å². The lowest BCUT2D eigenvalue weighted by molar-refractivity contribution is -0.268. The molecule has 1 heterocycles. The van der Waals surface area contributed by atoms with E-state index < -0.39 is 16.3 Å². The van der Waals surface area contributed by atoms with Gasteiger partial charge in [0.1, 0.15) is 5.75 Å². The van der Waals surface area contributed by atoms with E-state index in [4.69, 9.17) is 9.47 Å². The van der Waals surface area contributed by atoms with Gasteiger partial charge in [-0.1, -0.05) is 61.5 Å². The highest BCUT2D eigenvalue weighted by Crippen LogP contribution is 2.43. The first-order chi connectivity index (χ1) is 19.3. The van der Waals surface area contributed by atoms with Gasteiger partial charge >= 0.3 is 0 Å². The van der Waals surface area contributed by atoms with Crippen molar-refractivity contribution in [3.63, 3.8) is 0 Å². The number of phenolic OH excluding ortho intramolecular Hbond substituents is 1. The van der Waals surface area contributed by atoms with Gasteiger partial charge in [-0.15, -0.1) is 11.8 Å². The van der Waals surface area contributed by atoms with Gasteiger partial charge in [-0.05, 0) is 59.7 Å². The number of sulfonamides is 1. The minimum Gasteiger partial charge on any atom is -0.508 e. The molecule has 0 aromatic heterocycles. The average molecular weight is 578 g/mol. The number of aromatic hydroxyl groups is 1. The second kappa shape index (κ2) is 12.4. The zero-order valence-electron chi connectivity index (χ0n) is 21.9. The molecule has 3 N–H and O–H groups in total. The van der Waals surface area contributed by atoms with E-state index in [0.29, 0.717) is 17.0 Å². The Kier molecular flexibility index (Phi) is 8.78. The molecule has 40 heavy (non-hydrogen) atoms. The predicted molar refractivity (Wildman–Crippen MR) is 155 cm³/mol. The Morgan fingerprint density at radius 2 is 1.57 bits per heavy atom. The minimum atomic E-state index is -3.76. The second-order valence-corrected chi connectivity index (χ2v) is 12.4. The van der Waals surface area contributed by atoms with Crippen molar-refractivity contribution in [1.29, 1.82) is 0 Å². The lowest BCUT2D eigenvalue weighted by Gasteiger charge is -2.41. The summed E-state index contributed by atoms with van der Waals surface area (Å²) in [6.45, 7) is 2.05. The van der Waals surface area contributed by atoms with E-state index in [1.807, 2.05) is 42.5 Å². The molecule has 1 aliphatic rings. The number of rotatable bonds is 9. The fourth-order valence-electron chi connectivity index (χ4n) is 4.59. The molecule has 0 radical (unpaired) electrons. The van der Waals surface area contributed by atoms with Gasteiger partial charge in [0, 0.05) is 27.8 Å². The van der Waals surface area contributed by atoms with Crippen molar-refractivity contribution in [1.82, 2.24) is 0 Å². The maximum absolute atomic E-state index is 12.9. The first-order valence-corrected chi connectivity index (χ1v) is 15.4. The molecule has 4 atom stereocenters. The lowest BCUT2D eigenvalue weighted by atomic mass is 9.91. The molecule has 1 unspecified atom stereocenters. The number of aliphatic hydroxyl groups is 1. The van der Waals surface area contributed by atoms with E-state index in [1.165, 1.54) is 0 Å². The van der Waals surface area contributed by atoms with Crippen molar-refractivity contribution >= 4 is 27.5 Å². The number of thioether (sulfide) groups is 1. The van der Waals surface area contributed by atoms with Crippen LogP contribution in [0.5, 0.6) is 5.75 Å². The summed E-state index contributed by atoms with van der Waals surface area (Å²) in [5.74, 6) is 0.868. The zero-order chi connectivity index (χ0) is 28.1. The largest absolute Gasteiger partial charge is 0.508 e. The summed E-state index contributed by atoms with van der Waals surface area (Å²) < 4.78 is 41.5. The molecule has 0 saturated carbocycles. The SMILES string of the molecule is C[C@H]1[C@@H](CSc2ccc(O)cc2)OC(c2cccc(NS(=O)(=O)c3ccccc3)c2)O[C@H]1c1ccc(CO)cc1. The Balaban J connectivity index is 1.40. The summed E-state index contributed by atoms with van der Waals surface area (Å²) in [6.07, 6.45) is -1.21. The fraction of sp³-hybridized carbons (Fsp3) is 0.226. The van der Waals surface area contributed by atoms with Crippen molar-refractivity contribution in [2.24, 2.45) is 5.92 Å². The second-order valence-electron chi connectivity index (χ2n) is 9.67. The van der Waals surface area contributed by atoms with Crippen molar-refractivity contribution < 1.29 is 28.1 Å². The highest BCUT2D eigenvalue weighted by atomic mass is 32.2. The highest BCUT2D eigenvalue weighted by Gasteiger charge is 2.38.